The van der Waals surface area contributed by atoms with Gasteiger partial charge in [0.15, 0.2) is 5.11 Å². The molecule has 1 amide bonds. The second-order valence-electron chi connectivity index (χ2n) is 4.47. The normalized spacial score (nSPS) is 9.78. The number of amides is 1. The van der Waals surface area contributed by atoms with Gasteiger partial charge in [0.1, 0.15) is 5.75 Å². The second kappa shape index (κ2) is 7.37. The van der Waals surface area contributed by atoms with Gasteiger partial charge < -0.3 is 20.0 Å². The predicted molar refractivity (Wildman–Crippen MR) is 87.5 cm³/mol. The van der Waals surface area contributed by atoms with Crippen LogP contribution in [0, 0.1) is 0 Å². The number of hydrogen-bond acceptors (Lipinski definition) is 5. The molecule has 0 fully saturated rings. The Hall–Kier alpha value is -2.93. The highest BCUT2D eigenvalue weighted by atomic mass is 32.1. The molecule has 0 aromatic heterocycles. The molecule has 0 atom stereocenters. The van der Waals surface area contributed by atoms with Crippen molar-refractivity contribution in [1.29, 1.82) is 0 Å². The van der Waals surface area contributed by atoms with Crippen LogP contribution < -0.4 is 20.5 Å². The molecule has 0 aliphatic heterocycles. The molecule has 0 bridgehead atoms. The quantitative estimate of drug-likeness (QED) is 0.819. The van der Waals surface area contributed by atoms with Crippen LogP contribution in [0.2, 0.25) is 0 Å². The third kappa shape index (κ3) is 4.27. The van der Waals surface area contributed by atoms with Crippen molar-refractivity contribution in [2.45, 2.75) is 0 Å². The summed E-state index contributed by atoms with van der Waals surface area (Å²) in [5.41, 5.74) is 0.950. The molecule has 118 valence electrons. The van der Waals surface area contributed by atoms with Gasteiger partial charge in [-0.3, -0.25) is 10.1 Å². The highest BCUT2D eigenvalue weighted by Gasteiger charge is 2.12. The van der Waals surface area contributed by atoms with Crippen LogP contribution in [0.15, 0.2) is 48.5 Å². The van der Waals surface area contributed by atoms with E-state index in [-0.39, 0.29) is 10.7 Å². The molecule has 2 aromatic rings. The van der Waals surface area contributed by atoms with Gasteiger partial charge in [-0.1, -0.05) is 24.3 Å². The maximum absolute atomic E-state index is 12.2. The number of carboxylic acids is 1. The van der Waals surface area contributed by atoms with Gasteiger partial charge in [-0.25, -0.2) is 0 Å². The van der Waals surface area contributed by atoms with Gasteiger partial charge in [0.25, 0.3) is 5.91 Å². The first kappa shape index (κ1) is 16.4. The van der Waals surface area contributed by atoms with Crippen LogP contribution in [0.1, 0.15) is 20.7 Å². The minimum absolute atomic E-state index is 0.0551. The van der Waals surface area contributed by atoms with Crippen LogP contribution in [0.25, 0.3) is 0 Å². The lowest BCUT2D eigenvalue weighted by Gasteiger charge is -2.12. The van der Waals surface area contributed by atoms with Gasteiger partial charge in [0.2, 0.25) is 0 Å². The number of ether oxygens (including phenoxy) is 1. The first-order chi connectivity index (χ1) is 11.0. The van der Waals surface area contributed by atoms with E-state index in [0.717, 1.165) is 0 Å². The van der Waals surface area contributed by atoms with Gasteiger partial charge in [0, 0.05) is 5.69 Å². The van der Waals surface area contributed by atoms with Crippen LogP contribution >= 0.6 is 12.2 Å². The zero-order valence-corrected chi connectivity index (χ0v) is 13.0. The molecule has 2 rings (SSSR count). The van der Waals surface area contributed by atoms with Crippen LogP contribution in [0.4, 0.5) is 5.69 Å². The van der Waals surface area contributed by atoms with Crippen molar-refractivity contribution in [3.63, 3.8) is 0 Å². The fourth-order valence-corrected chi connectivity index (χ4v) is 2.07. The van der Waals surface area contributed by atoms with Crippen LogP contribution in [-0.4, -0.2) is 24.1 Å². The second-order valence-corrected chi connectivity index (χ2v) is 4.88. The number of thiocarbonyl (C=S) groups is 1. The average molecular weight is 329 g/mol. The Labute approximate surface area is 138 Å². The van der Waals surface area contributed by atoms with E-state index in [1.807, 2.05) is 0 Å². The molecule has 0 saturated heterocycles. The molecule has 2 aromatic carbocycles. The van der Waals surface area contributed by atoms with Crippen LogP contribution in [0.3, 0.4) is 0 Å². The van der Waals surface area contributed by atoms with Crippen molar-refractivity contribution in [2.75, 3.05) is 12.4 Å². The van der Waals surface area contributed by atoms with Crippen molar-refractivity contribution in [2.24, 2.45) is 0 Å². The van der Waals surface area contributed by atoms with Crippen LogP contribution in [0.5, 0.6) is 5.75 Å². The number of benzene rings is 2. The number of carbonyl (C=O) groups is 2. The first-order valence-corrected chi connectivity index (χ1v) is 6.99. The summed E-state index contributed by atoms with van der Waals surface area (Å²) in [5.74, 6) is -1.24. The number of aromatic carboxylic acids is 1. The average Bonchev–Trinajstić information content (AvgIpc) is 2.55. The van der Waals surface area contributed by atoms with E-state index in [0.29, 0.717) is 17.0 Å². The largest absolute Gasteiger partial charge is 0.545 e. The van der Waals surface area contributed by atoms with E-state index in [1.165, 1.54) is 31.4 Å². The zero-order valence-electron chi connectivity index (χ0n) is 12.2. The lowest BCUT2D eigenvalue weighted by Crippen LogP contribution is -2.34. The summed E-state index contributed by atoms with van der Waals surface area (Å²) in [7, 11) is 1.47. The van der Waals surface area contributed by atoms with Crippen molar-refractivity contribution in [1.82, 2.24) is 5.32 Å². The van der Waals surface area contributed by atoms with Crippen molar-refractivity contribution in [3.05, 3.63) is 59.7 Å². The molecule has 0 saturated carbocycles. The summed E-state index contributed by atoms with van der Waals surface area (Å²) in [6.07, 6.45) is 0. The Kier molecular flexibility index (Phi) is 5.27. The highest BCUT2D eigenvalue weighted by molar-refractivity contribution is 7.80. The summed E-state index contributed by atoms with van der Waals surface area (Å²) in [6.45, 7) is 0. The molecular weight excluding hydrogens is 316 g/mol. The summed E-state index contributed by atoms with van der Waals surface area (Å²) in [4.78, 5) is 22.8. The Balaban J connectivity index is 2.01. The van der Waals surface area contributed by atoms with E-state index in [4.69, 9.17) is 17.0 Å². The summed E-state index contributed by atoms with van der Waals surface area (Å²) in [6, 6.07) is 12.6. The van der Waals surface area contributed by atoms with E-state index >= 15 is 0 Å². The number of carboxylic acid groups (broad SMARTS) is 1. The molecule has 0 heterocycles. The monoisotopic (exact) mass is 329 g/mol. The topological polar surface area (TPSA) is 90.5 Å². The molecule has 7 heteroatoms. The van der Waals surface area contributed by atoms with Gasteiger partial charge in [0.05, 0.1) is 18.6 Å². The Morgan fingerprint density at radius 3 is 2.35 bits per heavy atom. The third-order valence-electron chi connectivity index (χ3n) is 2.96. The van der Waals surface area contributed by atoms with Crippen LogP contribution in [-0.2, 0) is 0 Å². The molecule has 0 aliphatic rings. The minimum Gasteiger partial charge on any atom is -0.545 e. The van der Waals surface area contributed by atoms with Crippen molar-refractivity contribution in [3.8, 4) is 5.75 Å². The summed E-state index contributed by atoms with van der Waals surface area (Å²) in [5, 5.41) is 16.1. The fraction of sp³-hybridized carbons (Fsp3) is 0.0625. The molecule has 0 aliphatic carbocycles. The van der Waals surface area contributed by atoms with Crippen molar-refractivity contribution < 1.29 is 19.4 Å². The molecule has 2 N–H and O–H groups in total. The number of carbonyl (C=O) groups excluding carboxylic acids is 2. The number of hydrogen-bond donors (Lipinski definition) is 2. The predicted octanol–water partition coefficient (Wildman–Crippen LogP) is 1.19. The molecule has 0 spiro atoms. The number of rotatable bonds is 4. The lowest BCUT2D eigenvalue weighted by molar-refractivity contribution is -0.255. The third-order valence-corrected chi connectivity index (χ3v) is 3.16. The van der Waals surface area contributed by atoms with Gasteiger partial charge in [-0.15, -0.1) is 0 Å². The molecule has 0 radical (unpaired) electrons. The zero-order chi connectivity index (χ0) is 16.8. The van der Waals surface area contributed by atoms with E-state index in [9.17, 15) is 14.7 Å². The fourth-order valence-electron chi connectivity index (χ4n) is 1.85. The SMILES string of the molecule is COc1ccccc1C(=O)NC(=S)Nc1ccc(C(=O)[O-])cc1. The van der Waals surface area contributed by atoms with E-state index < -0.39 is 11.9 Å². The Bertz CT molecular complexity index is 744. The number of nitrogens with one attached hydrogen (secondary N) is 2. The van der Waals surface area contributed by atoms with E-state index in [2.05, 4.69) is 10.6 Å². The smallest absolute Gasteiger partial charge is 0.261 e. The molecule has 6 nitrogen and oxygen atoms in total. The summed E-state index contributed by atoms with van der Waals surface area (Å²) < 4.78 is 5.12. The first-order valence-electron chi connectivity index (χ1n) is 6.58. The van der Waals surface area contributed by atoms with Gasteiger partial charge in [-0.2, -0.15) is 0 Å². The Morgan fingerprint density at radius 1 is 1.09 bits per heavy atom. The number of methoxy groups -OCH3 is 1. The standard InChI is InChI=1S/C16H14N2O4S/c1-22-13-5-3-2-4-12(13)14(19)18-16(23)17-11-8-6-10(7-9-11)15(20)21/h2-9H,1H3,(H,20,21)(H2,17,18,19,23)/p-1. The number of anilines is 1. The highest BCUT2D eigenvalue weighted by Crippen LogP contribution is 2.17. The van der Waals surface area contributed by atoms with Crippen molar-refractivity contribution >= 4 is 34.9 Å². The Morgan fingerprint density at radius 2 is 1.74 bits per heavy atom. The lowest BCUT2D eigenvalue weighted by atomic mass is 10.2. The number of para-hydroxylation sites is 1. The molecular formula is C16H13N2O4S-. The van der Waals surface area contributed by atoms with Gasteiger partial charge in [-0.05, 0) is 42.0 Å². The molecule has 23 heavy (non-hydrogen) atoms. The maximum Gasteiger partial charge on any atom is 0.261 e. The minimum atomic E-state index is -1.26. The van der Waals surface area contributed by atoms with Gasteiger partial charge >= 0.3 is 0 Å². The van der Waals surface area contributed by atoms with E-state index in [1.54, 1.807) is 24.3 Å². The maximum atomic E-state index is 12.2. The molecule has 0 unspecified atom stereocenters. The summed E-state index contributed by atoms with van der Waals surface area (Å²) >= 11 is 5.06.